The summed E-state index contributed by atoms with van der Waals surface area (Å²) in [5.74, 6) is 1.14. The Morgan fingerprint density at radius 1 is 1.25 bits per heavy atom. The normalized spacial score (nSPS) is 11.6. The van der Waals surface area contributed by atoms with Crippen LogP contribution in [0.2, 0.25) is 0 Å². The van der Waals surface area contributed by atoms with E-state index in [1.165, 1.54) is 0 Å². The summed E-state index contributed by atoms with van der Waals surface area (Å²) in [5, 5.41) is 0. The summed E-state index contributed by atoms with van der Waals surface area (Å²) in [6.07, 6.45) is 4.85. The molecule has 2 aromatic rings. The topological polar surface area (TPSA) is 34.9 Å². The molecule has 106 valence electrons. The Morgan fingerprint density at radius 2 is 1.95 bits per heavy atom. The summed E-state index contributed by atoms with van der Waals surface area (Å²) in [5.41, 5.74) is 1.94. The summed E-state index contributed by atoms with van der Waals surface area (Å²) in [6, 6.07) is 7.91. The van der Waals surface area contributed by atoms with Crippen LogP contribution in [0.25, 0.3) is 0 Å². The van der Waals surface area contributed by atoms with Crippen LogP contribution in [-0.4, -0.2) is 15.3 Å². The minimum Gasteiger partial charge on any atom is -0.338 e. The quantitative estimate of drug-likeness (QED) is 0.797. The van der Waals surface area contributed by atoms with Crippen LogP contribution < -0.4 is 0 Å². The summed E-state index contributed by atoms with van der Waals surface area (Å²) in [4.78, 5) is 16.7. The highest BCUT2D eigenvalue weighted by Gasteiger charge is 2.21. The van der Waals surface area contributed by atoms with Crippen molar-refractivity contribution in [3.8, 4) is 0 Å². The van der Waals surface area contributed by atoms with Gasteiger partial charge in [0.25, 0.3) is 0 Å². The molecule has 0 saturated carbocycles. The van der Waals surface area contributed by atoms with Crippen LogP contribution in [0.15, 0.2) is 36.7 Å². The lowest BCUT2D eigenvalue weighted by atomic mass is 9.82. The molecule has 0 saturated heterocycles. The van der Waals surface area contributed by atoms with Gasteiger partial charge in [0.2, 0.25) is 0 Å². The van der Waals surface area contributed by atoms with E-state index in [0.717, 1.165) is 17.0 Å². The number of carbonyl (C=O) groups excluding carboxylic acids is 1. The third kappa shape index (κ3) is 3.16. The van der Waals surface area contributed by atoms with Crippen molar-refractivity contribution in [3.05, 3.63) is 53.6 Å². The number of hydrogen-bond donors (Lipinski definition) is 0. The first-order valence-corrected chi connectivity index (χ1v) is 6.98. The van der Waals surface area contributed by atoms with Crippen LogP contribution in [0.1, 0.15) is 48.9 Å². The molecular formula is C17H22N2O. The van der Waals surface area contributed by atoms with Gasteiger partial charge in [-0.05, 0) is 11.0 Å². The molecule has 0 N–H and O–H groups in total. The third-order valence-electron chi connectivity index (χ3n) is 3.53. The van der Waals surface area contributed by atoms with Gasteiger partial charge in [0.15, 0.2) is 5.78 Å². The molecule has 3 nitrogen and oxygen atoms in total. The van der Waals surface area contributed by atoms with Crippen LogP contribution in [0.3, 0.4) is 0 Å². The molecule has 0 radical (unpaired) electrons. The Bertz CT molecular complexity index is 605. The highest BCUT2D eigenvalue weighted by Crippen LogP contribution is 2.26. The van der Waals surface area contributed by atoms with Crippen molar-refractivity contribution in [1.82, 2.24) is 9.55 Å². The summed E-state index contributed by atoms with van der Waals surface area (Å²) >= 11 is 0. The van der Waals surface area contributed by atoms with Crippen molar-refractivity contribution in [2.24, 2.45) is 7.05 Å². The van der Waals surface area contributed by atoms with Crippen LogP contribution in [-0.2, 0) is 18.9 Å². The Balaban J connectivity index is 2.16. The molecule has 20 heavy (non-hydrogen) atoms. The number of aromatic nitrogens is 2. The van der Waals surface area contributed by atoms with Crippen LogP contribution >= 0.6 is 0 Å². The summed E-state index contributed by atoms with van der Waals surface area (Å²) in [6.45, 7) is 6.41. The van der Waals surface area contributed by atoms with E-state index in [2.05, 4.69) is 25.8 Å². The molecule has 0 aliphatic rings. The number of aryl methyl sites for hydroxylation is 2. The number of rotatable bonds is 4. The van der Waals surface area contributed by atoms with Crippen molar-refractivity contribution in [2.45, 2.75) is 39.0 Å². The van der Waals surface area contributed by atoms with Crippen molar-refractivity contribution < 1.29 is 4.79 Å². The zero-order valence-corrected chi connectivity index (χ0v) is 12.7. The van der Waals surface area contributed by atoms with E-state index in [1.54, 1.807) is 6.20 Å². The molecule has 0 aliphatic carbocycles. The molecule has 0 fully saturated rings. The standard InChI is InChI=1S/C17H22N2O/c1-17(2,3)14-8-6-5-7-13(14)15(20)9-10-16-18-11-12-19(16)4/h5-8,11-12H,9-10H2,1-4H3. The molecule has 0 bridgehead atoms. The Morgan fingerprint density at radius 3 is 2.55 bits per heavy atom. The maximum atomic E-state index is 12.5. The maximum absolute atomic E-state index is 12.5. The molecule has 0 spiro atoms. The second-order valence-electron chi connectivity index (χ2n) is 6.17. The van der Waals surface area contributed by atoms with Gasteiger partial charge in [0.1, 0.15) is 5.82 Å². The SMILES string of the molecule is Cn1ccnc1CCC(=O)c1ccccc1C(C)(C)C. The first-order chi connectivity index (χ1) is 9.39. The maximum Gasteiger partial charge on any atom is 0.163 e. The highest BCUT2D eigenvalue weighted by atomic mass is 16.1. The van der Waals surface area contributed by atoms with Crippen molar-refractivity contribution in [3.63, 3.8) is 0 Å². The van der Waals surface area contributed by atoms with E-state index >= 15 is 0 Å². The Hall–Kier alpha value is -1.90. The number of nitrogens with zero attached hydrogens (tertiary/aromatic N) is 2. The molecular weight excluding hydrogens is 248 g/mol. The van der Waals surface area contributed by atoms with E-state index in [4.69, 9.17) is 0 Å². The van der Waals surface area contributed by atoms with Crippen LogP contribution in [0, 0.1) is 0 Å². The van der Waals surface area contributed by atoms with Gasteiger partial charge in [-0.15, -0.1) is 0 Å². The summed E-state index contributed by atoms with van der Waals surface area (Å²) in [7, 11) is 1.95. The predicted molar refractivity (Wildman–Crippen MR) is 81.0 cm³/mol. The number of benzene rings is 1. The van der Waals surface area contributed by atoms with Crippen LogP contribution in [0.5, 0.6) is 0 Å². The van der Waals surface area contributed by atoms with Gasteiger partial charge < -0.3 is 4.57 Å². The molecule has 0 amide bonds. The lowest BCUT2D eigenvalue weighted by molar-refractivity contribution is 0.0980. The van der Waals surface area contributed by atoms with E-state index in [9.17, 15) is 4.79 Å². The molecule has 1 aromatic heterocycles. The van der Waals surface area contributed by atoms with Gasteiger partial charge in [-0.3, -0.25) is 4.79 Å². The zero-order valence-electron chi connectivity index (χ0n) is 12.7. The van der Waals surface area contributed by atoms with Gasteiger partial charge >= 0.3 is 0 Å². The minimum absolute atomic E-state index is 0.0184. The Labute approximate surface area is 120 Å². The number of hydrogen-bond acceptors (Lipinski definition) is 2. The number of Topliss-reactive ketones (excluding diaryl/α,β-unsaturated/α-hetero) is 1. The van der Waals surface area contributed by atoms with E-state index in [1.807, 2.05) is 42.1 Å². The largest absolute Gasteiger partial charge is 0.338 e. The zero-order chi connectivity index (χ0) is 14.8. The number of imidazole rings is 1. The second kappa shape index (κ2) is 5.61. The molecule has 0 atom stereocenters. The highest BCUT2D eigenvalue weighted by molar-refractivity contribution is 5.97. The fraction of sp³-hybridized carbons (Fsp3) is 0.412. The minimum atomic E-state index is -0.0184. The predicted octanol–water partition coefficient (Wildman–Crippen LogP) is 3.53. The van der Waals surface area contributed by atoms with Crippen molar-refractivity contribution in [1.29, 1.82) is 0 Å². The van der Waals surface area contributed by atoms with Gasteiger partial charge in [0, 0.05) is 37.8 Å². The Kier molecular flexibility index (Phi) is 4.07. The van der Waals surface area contributed by atoms with E-state index in [-0.39, 0.29) is 11.2 Å². The molecule has 1 heterocycles. The molecule has 1 aromatic carbocycles. The van der Waals surface area contributed by atoms with Crippen molar-refractivity contribution in [2.75, 3.05) is 0 Å². The van der Waals surface area contributed by atoms with E-state index < -0.39 is 0 Å². The molecule has 0 unspecified atom stereocenters. The average Bonchev–Trinajstić information content (AvgIpc) is 2.80. The first-order valence-electron chi connectivity index (χ1n) is 6.98. The summed E-state index contributed by atoms with van der Waals surface area (Å²) < 4.78 is 1.96. The fourth-order valence-electron chi connectivity index (χ4n) is 2.38. The lowest BCUT2D eigenvalue weighted by Crippen LogP contribution is -2.17. The average molecular weight is 270 g/mol. The number of carbonyl (C=O) groups is 1. The van der Waals surface area contributed by atoms with Crippen LogP contribution in [0.4, 0.5) is 0 Å². The monoisotopic (exact) mass is 270 g/mol. The van der Waals surface area contributed by atoms with E-state index in [0.29, 0.717) is 12.8 Å². The third-order valence-corrected chi connectivity index (χ3v) is 3.53. The first kappa shape index (κ1) is 14.5. The smallest absolute Gasteiger partial charge is 0.163 e. The van der Waals surface area contributed by atoms with Gasteiger partial charge in [-0.25, -0.2) is 4.98 Å². The second-order valence-corrected chi connectivity index (χ2v) is 6.17. The van der Waals surface area contributed by atoms with Gasteiger partial charge in [0.05, 0.1) is 0 Å². The molecule has 3 heteroatoms. The fourth-order valence-corrected chi connectivity index (χ4v) is 2.38. The molecule has 0 aliphatic heterocycles. The van der Waals surface area contributed by atoms with Gasteiger partial charge in [-0.2, -0.15) is 0 Å². The van der Waals surface area contributed by atoms with Gasteiger partial charge in [-0.1, -0.05) is 45.0 Å². The van der Waals surface area contributed by atoms with Crippen molar-refractivity contribution >= 4 is 5.78 Å². The lowest BCUT2D eigenvalue weighted by Gasteiger charge is -2.22. The number of ketones is 1. The molecule has 2 rings (SSSR count).